The van der Waals surface area contributed by atoms with Crippen LogP contribution < -0.4 is 5.56 Å². The first-order chi connectivity index (χ1) is 12.0. The van der Waals surface area contributed by atoms with Gasteiger partial charge in [-0.3, -0.25) is 9.36 Å². The third-order valence-electron chi connectivity index (χ3n) is 4.00. The Labute approximate surface area is 151 Å². The van der Waals surface area contributed by atoms with Crippen LogP contribution >= 0.6 is 15.9 Å². The molecule has 0 atom stereocenters. The van der Waals surface area contributed by atoms with Crippen LogP contribution in [0.2, 0.25) is 0 Å². The summed E-state index contributed by atoms with van der Waals surface area (Å²) in [6, 6.07) is 9.85. The van der Waals surface area contributed by atoms with E-state index < -0.39 is 0 Å². The fourth-order valence-electron chi connectivity index (χ4n) is 2.66. The molecule has 0 unspecified atom stereocenters. The average molecular weight is 400 g/mol. The molecular formula is C17H14BrN5O2. The summed E-state index contributed by atoms with van der Waals surface area (Å²) < 4.78 is 8.91. The topological polar surface area (TPSA) is 78.7 Å². The van der Waals surface area contributed by atoms with Crippen molar-refractivity contribution in [3.05, 3.63) is 62.9 Å². The number of benzene rings is 1. The van der Waals surface area contributed by atoms with Crippen molar-refractivity contribution in [1.29, 1.82) is 0 Å². The van der Waals surface area contributed by atoms with Gasteiger partial charge < -0.3 is 4.52 Å². The predicted octanol–water partition coefficient (Wildman–Crippen LogP) is 2.90. The first-order valence-electron chi connectivity index (χ1n) is 7.63. The summed E-state index contributed by atoms with van der Waals surface area (Å²) in [5, 5.41) is 8.71. The van der Waals surface area contributed by atoms with Gasteiger partial charge in [0.15, 0.2) is 11.4 Å². The lowest BCUT2D eigenvalue weighted by molar-refractivity contribution is 0.376. The van der Waals surface area contributed by atoms with Crippen LogP contribution in [0.5, 0.6) is 0 Å². The molecule has 0 saturated heterocycles. The van der Waals surface area contributed by atoms with Crippen LogP contribution in [0.4, 0.5) is 0 Å². The number of nitrogens with zero attached hydrogens (tertiary/aromatic N) is 5. The van der Waals surface area contributed by atoms with E-state index in [4.69, 9.17) is 4.52 Å². The number of aromatic nitrogens is 5. The maximum atomic E-state index is 12.7. The maximum Gasteiger partial charge on any atom is 0.266 e. The second kappa shape index (κ2) is 5.96. The van der Waals surface area contributed by atoms with E-state index in [1.54, 1.807) is 11.7 Å². The minimum absolute atomic E-state index is 0.182. The van der Waals surface area contributed by atoms with Crippen molar-refractivity contribution in [2.24, 2.45) is 7.05 Å². The first kappa shape index (κ1) is 15.8. The van der Waals surface area contributed by atoms with Crippen molar-refractivity contribution in [3.63, 3.8) is 0 Å². The summed E-state index contributed by atoms with van der Waals surface area (Å²) in [5.41, 5.74) is 3.24. The molecule has 0 radical (unpaired) electrons. The van der Waals surface area contributed by atoms with Gasteiger partial charge in [0, 0.05) is 18.7 Å². The Morgan fingerprint density at radius 2 is 2.00 bits per heavy atom. The summed E-state index contributed by atoms with van der Waals surface area (Å²) in [7, 11) is 1.74. The molecule has 7 nitrogen and oxygen atoms in total. The van der Waals surface area contributed by atoms with E-state index >= 15 is 0 Å². The van der Waals surface area contributed by atoms with Crippen molar-refractivity contribution in [2.45, 2.75) is 13.5 Å². The highest BCUT2D eigenvalue weighted by Gasteiger charge is 2.15. The van der Waals surface area contributed by atoms with Crippen LogP contribution in [-0.4, -0.2) is 24.5 Å². The Bertz CT molecular complexity index is 1120. The quantitative estimate of drug-likeness (QED) is 0.529. The van der Waals surface area contributed by atoms with Gasteiger partial charge in [0.25, 0.3) is 5.56 Å². The van der Waals surface area contributed by atoms with E-state index in [0.717, 1.165) is 11.3 Å². The summed E-state index contributed by atoms with van der Waals surface area (Å²) in [6.07, 6.45) is 1.49. The zero-order valence-corrected chi connectivity index (χ0v) is 15.2. The molecule has 0 saturated carbocycles. The highest BCUT2D eigenvalue weighted by Crippen LogP contribution is 2.20. The van der Waals surface area contributed by atoms with Crippen LogP contribution in [0.15, 0.2) is 50.6 Å². The fraction of sp³-hybridized carbons (Fsp3) is 0.176. The molecule has 8 heteroatoms. The van der Waals surface area contributed by atoms with Crippen LogP contribution in [-0.2, 0) is 13.6 Å². The highest BCUT2D eigenvalue weighted by atomic mass is 79.9. The number of hydrogen-bond acceptors (Lipinski definition) is 5. The first-order valence-corrected chi connectivity index (χ1v) is 8.42. The molecule has 25 heavy (non-hydrogen) atoms. The van der Waals surface area contributed by atoms with Crippen molar-refractivity contribution < 1.29 is 4.52 Å². The molecular weight excluding hydrogens is 386 g/mol. The largest absolute Gasteiger partial charge is 0.359 e. The lowest BCUT2D eigenvalue weighted by Crippen LogP contribution is -2.21. The molecule has 0 amide bonds. The van der Waals surface area contributed by atoms with Gasteiger partial charge >= 0.3 is 0 Å². The summed E-state index contributed by atoms with van der Waals surface area (Å²) in [4.78, 5) is 17.0. The lowest BCUT2D eigenvalue weighted by atomic mass is 10.1. The smallest absolute Gasteiger partial charge is 0.266 e. The molecule has 0 aliphatic heterocycles. The molecule has 0 N–H and O–H groups in total. The fourth-order valence-corrected chi connectivity index (χ4v) is 3.25. The van der Waals surface area contributed by atoms with Crippen molar-refractivity contribution in [2.75, 3.05) is 0 Å². The third kappa shape index (κ3) is 2.78. The van der Waals surface area contributed by atoms with Gasteiger partial charge in [0.05, 0.1) is 6.54 Å². The Balaban J connectivity index is 1.68. The van der Waals surface area contributed by atoms with Gasteiger partial charge in [0.1, 0.15) is 22.0 Å². The van der Waals surface area contributed by atoms with Crippen molar-refractivity contribution >= 4 is 27.0 Å². The van der Waals surface area contributed by atoms with E-state index in [9.17, 15) is 4.79 Å². The minimum Gasteiger partial charge on any atom is -0.359 e. The normalized spacial score (nSPS) is 11.3. The standard InChI is InChI=1S/C17H14BrN5O2/c1-10-3-5-11(6-4-10)13-7-12(25-21-13)8-23-9-19-16-14(17(23)24)15(18)20-22(16)2/h3-7,9H,8H2,1-2H3. The van der Waals surface area contributed by atoms with E-state index in [1.807, 2.05) is 37.3 Å². The Morgan fingerprint density at radius 1 is 1.24 bits per heavy atom. The van der Waals surface area contributed by atoms with E-state index in [2.05, 4.69) is 31.2 Å². The minimum atomic E-state index is -0.182. The summed E-state index contributed by atoms with van der Waals surface area (Å²) in [5.74, 6) is 0.582. The van der Waals surface area contributed by atoms with E-state index in [1.165, 1.54) is 16.5 Å². The molecule has 4 rings (SSSR count). The second-order valence-electron chi connectivity index (χ2n) is 5.84. The predicted molar refractivity (Wildman–Crippen MR) is 96.2 cm³/mol. The van der Waals surface area contributed by atoms with Crippen molar-refractivity contribution in [1.82, 2.24) is 24.5 Å². The molecule has 0 spiro atoms. The molecule has 0 aliphatic rings. The summed E-state index contributed by atoms with van der Waals surface area (Å²) in [6.45, 7) is 2.28. The van der Waals surface area contributed by atoms with Gasteiger partial charge in [0.2, 0.25) is 0 Å². The zero-order valence-electron chi connectivity index (χ0n) is 13.6. The van der Waals surface area contributed by atoms with Crippen LogP contribution in [0.1, 0.15) is 11.3 Å². The van der Waals surface area contributed by atoms with Gasteiger partial charge in [-0.15, -0.1) is 0 Å². The zero-order chi connectivity index (χ0) is 17.6. The molecule has 3 heterocycles. The Morgan fingerprint density at radius 3 is 2.76 bits per heavy atom. The molecule has 4 aromatic rings. The number of fused-ring (bicyclic) bond motifs is 1. The summed E-state index contributed by atoms with van der Waals surface area (Å²) >= 11 is 3.31. The van der Waals surface area contributed by atoms with Crippen LogP contribution in [0, 0.1) is 6.92 Å². The molecule has 0 bridgehead atoms. The SMILES string of the molecule is Cc1ccc(-c2cc(Cn3cnc4c(c(Br)nn4C)c3=O)on2)cc1. The number of halogens is 1. The Kier molecular flexibility index (Phi) is 3.76. The van der Waals surface area contributed by atoms with Gasteiger partial charge in [-0.2, -0.15) is 5.10 Å². The number of aryl methyl sites for hydroxylation is 2. The van der Waals surface area contributed by atoms with Gasteiger partial charge in [-0.1, -0.05) is 35.0 Å². The van der Waals surface area contributed by atoms with Gasteiger partial charge in [-0.25, -0.2) is 9.67 Å². The molecule has 126 valence electrons. The Hall–Kier alpha value is -2.74. The van der Waals surface area contributed by atoms with Gasteiger partial charge in [-0.05, 0) is 22.9 Å². The highest BCUT2D eigenvalue weighted by molar-refractivity contribution is 9.10. The average Bonchev–Trinajstić information content (AvgIpc) is 3.16. The number of hydrogen-bond donors (Lipinski definition) is 0. The molecule has 0 fully saturated rings. The monoisotopic (exact) mass is 399 g/mol. The third-order valence-corrected chi connectivity index (χ3v) is 4.56. The second-order valence-corrected chi connectivity index (χ2v) is 6.59. The van der Waals surface area contributed by atoms with E-state index in [-0.39, 0.29) is 12.1 Å². The molecule has 0 aliphatic carbocycles. The van der Waals surface area contributed by atoms with Crippen molar-refractivity contribution in [3.8, 4) is 11.3 Å². The van der Waals surface area contributed by atoms with Crippen LogP contribution in [0.25, 0.3) is 22.3 Å². The molecule has 3 aromatic heterocycles. The van der Waals surface area contributed by atoms with Crippen LogP contribution in [0.3, 0.4) is 0 Å². The van der Waals surface area contributed by atoms with E-state index in [0.29, 0.717) is 21.4 Å². The number of rotatable bonds is 3. The molecule has 1 aromatic carbocycles. The maximum absolute atomic E-state index is 12.7. The lowest BCUT2D eigenvalue weighted by Gasteiger charge is -2.02.